The number of ether oxygens (including phenoxy) is 1. The van der Waals surface area contributed by atoms with Crippen molar-refractivity contribution in [1.29, 1.82) is 0 Å². The van der Waals surface area contributed by atoms with Gasteiger partial charge in [-0.25, -0.2) is 4.98 Å². The second-order valence-electron chi connectivity index (χ2n) is 4.98. The van der Waals surface area contributed by atoms with Crippen LogP contribution in [-0.4, -0.2) is 24.1 Å². The molecule has 1 saturated heterocycles. The maximum absolute atomic E-state index is 12.1. The quantitative estimate of drug-likeness (QED) is 0.936. The van der Waals surface area contributed by atoms with Crippen LogP contribution in [0.25, 0.3) is 11.3 Å². The summed E-state index contributed by atoms with van der Waals surface area (Å²) in [5, 5.41) is 4.22. The largest absolute Gasteiger partial charge is 0.381 e. The Morgan fingerprint density at radius 1 is 1.43 bits per heavy atom. The van der Waals surface area contributed by atoms with Crippen LogP contribution in [0, 0.1) is 12.8 Å². The number of anilines is 1. The summed E-state index contributed by atoms with van der Waals surface area (Å²) < 4.78 is 5.24. The Morgan fingerprint density at radius 3 is 2.86 bits per heavy atom. The van der Waals surface area contributed by atoms with Crippen LogP contribution in [0.3, 0.4) is 0 Å². The average Bonchev–Trinajstić information content (AvgIpc) is 3.10. The third kappa shape index (κ3) is 3.26. The van der Waals surface area contributed by atoms with Gasteiger partial charge in [0.15, 0.2) is 5.13 Å². The van der Waals surface area contributed by atoms with Gasteiger partial charge in [0.1, 0.15) is 0 Å². The van der Waals surface area contributed by atoms with Crippen molar-refractivity contribution < 1.29 is 9.53 Å². The Kier molecular flexibility index (Phi) is 4.24. The standard InChI is InChI=1S/C15H15ClN2O2S/c1-9-13(10-2-4-12(16)5-3-10)17-15(21-9)18-14(19)11-6-7-20-8-11/h2-5,11H,6-8H2,1H3,(H,17,18,19). The van der Waals surface area contributed by atoms with E-state index in [1.165, 1.54) is 11.3 Å². The maximum atomic E-state index is 12.1. The van der Waals surface area contributed by atoms with Crippen LogP contribution < -0.4 is 5.32 Å². The lowest BCUT2D eigenvalue weighted by molar-refractivity contribution is -0.119. The molecule has 21 heavy (non-hydrogen) atoms. The van der Waals surface area contributed by atoms with Gasteiger partial charge in [-0.3, -0.25) is 4.79 Å². The molecule has 1 aliphatic rings. The molecule has 1 unspecified atom stereocenters. The molecule has 4 nitrogen and oxygen atoms in total. The fourth-order valence-corrected chi connectivity index (χ4v) is 3.24. The SMILES string of the molecule is Cc1sc(NC(=O)C2CCOC2)nc1-c1ccc(Cl)cc1. The monoisotopic (exact) mass is 322 g/mol. The average molecular weight is 323 g/mol. The van der Waals surface area contributed by atoms with Gasteiger partial charge in [-0.05, 0) is 25.5 Å². The predicted molar refractivity (Wildman–Crippen MR) is 84.9 cm³/mol. The van der Waals surface area contributed by atoms with Crippen LogP contribution in [0.2, 0.25) is 5.02 Å². The molecule has 0 saturated carbocycles. The van der Waals surface area contributed by atoms with Crippen molar-refractivity contribution in [3.05, 3.63) is 34.2 Å². The normalized spacial score (nSPS) is 17.9. The van der Waals surface area contributed by atoms with Gasteiger partial charge >= 0.3 is 0 Å². The summed E-state index contributed by atoms with van der Waals surface area (Å²) in [5.41, 5.74) is 1.88. The van der Waals surface area contributed by atoms with E-state index in [-0.39, 0.29) is 11.8 Å². The van der Waals surface area contributed by atoms with Gasteiger partial charge in [0.25, 0.3) is 0 Å². The number of carbonyl (C=O) groups is 1. The van der Waals surface area contributed by atoms with Crippen molar-refractivity contribution in [1.82, 2.24) is 4.98 Å². The smallest absolute Gasteiger partial charge is 0.231 e. The fraction of sp³-hybridized carbons (Fsp3) is 0.333. The van der Waals surface area contributed by atoms with Gasteiger partial charge in [-0.15, -0.1) is 11.3 Å². The first-order valence-corrected chi connectivity index (χ1v) is 7.95. The summed E-state index contributed by atoms with van der Waals surface area (Å²) in [6.07, 6.45) is 0.778. The summed E-state index contributed by atoms with van der Waals surface area (Å²) >= 11 is 7.38. The summed E-state index contributed by atoms with van der Waals surface area (Å²) in [5.74, 6) is -0.0721. The maximum Gasteiger partial charge on any atom is 0.231 e. The highest BCUT2D eigenvalue weighted by Gasteiger charge is 2.24. The van der Waals surface area contributed by atoms with Gasteiger partial charge in [0.05, 0.1) is 18.2 Å². The highest BCUT2D eigenvalue weighted by Crippen LogP contribution is 2.31. The summed E-state index contributed by atoms with van der Waals surface area (Å²) in [6, 6.07) is 7.54. The van der Waals surface area contributed by atoms with Crippen LogP contribution >= 0.6 is 22.9 Å². The molecular formula is C15H15ClN2O2S. The highest BCUT2D eigenvalue weighted by molar-refractivity contribution is 7.16. The Labute approximate surface area is 132 Å². The molecule has 1 aliphatic heterocycles. The van der Waals surface area contributed by atoms with Gasteiger partial charge < -0.3 is 10.1 Å². The molecule has 0 aliphatic carbocycles. The molecule has 6 heteroatoms. The number of amides is 1. The van der Waals surface area contributed by atoms with Crippen molar-refractivity contribution in [2.45, 2.75) is 13.3 Å². The zero-order valence-electron chi connectivity index (χ0n) is 11.6. The minimum absolute atomic E-state index is 0.0103. The molecule has 1 N–H and O–H groups in total. The predicted octanol–water partition coefficient (Wildman–Crippen LogP) is 3.75. The number of hydrogen-bond acceptors (Lipinski definition) is 4. The van der Waals surface area contributed by atoms with E-state index in [1.54, 1.807) is 0 Å². The molecule has 1 fully saturated rings. The molecule has 0 bridgehead atoms. The molecule has 110 valence electrons. The van der Waals surface area contributed by atoms with E-state index in [9.17, 15) is 4.79 Å². The zero-order chi connectivity index (χ0) is 14.8. The van der Waals surface area contributed by atoms with E-state index in [0.29, 0.717) is 23.4 Å². The first-order chi connectivity index (χ1) is 10.1. The molecular weight excluding hydrogens is 308 g/mol. The minimum Gasteiger partial charge on any atom is -0.381 e. The molecule has 2 heterocycles. The van der Waals surface area contributed by atoms with Crippen LogP contribution in [0.4, 0.5) is 5.13 Å². The summed E-state index contributed by atoms with van der Waals surface area (Å²) in [6.45, 7) is 3.15. The van der Waals surface area contributed by atoms with Crippen molar-refractivity contribution in [2.24, 2.45) is 5.92 Å². The van der Waals surface area contributed by atoms with Crippen molar-refractivity contribution in [3.8, 4) is 11.3 Å². The van der Waals surface area contributed by atoms with E-state index in [2.05, 4.69) is 10.3 Å². The number of benzene rings is 1. The van der Waals surface area contributed by atoms with Crippen LogP contribution in [0.1, 0.15) is 11.3 Å². The summed E-state index contributed by atoms with van der Waals surface area (Å²) in [7, 11) is 0. The van der Waals surface area contributed by atoms with E-state index < -0.39 is 0 Å². The number of aryl methyl sites for hydroxylation is 1. The number of aromatic nitrogens is 1. The lowest BCUT2D eigenvalue weighted by Crippen LogP contribution is -2.22. The minimum atomic E-state index is -0.0619. The number of carbonyl (C=O) groups excluding carboxylic acids is 1. The molecule has 2 aromatic rings. The third-order valence-electron chi connectivity index (χ3n) is 3.44. The van der Waals surface area contributed by atoms with Crippen molar-refractivity contribution >= 4 is 34.0 Å². The first-order valence-electron chi connectivity index (χ1n) is 6.75. The molecule has 3 rings (SSSR count). The van der Waals surface area contributed by atoms with Gasteiger partial charge in [-0.1, -0.05) is 23.7 Å². The number of nitrogens with one attached hydrogen (secondary N) is 1. The number of thiazole rings is 1. The third-order valence-corrected chi connectivity index (χ3v) is 4.58. The second-order valence-corrected chi connectivity index (χ2v) is 6.62. The zero-order valence-corrected chi connectivity index (χ0v) is 13.1. The molecule has 1 amide bonds. The molecule has 1 aromatic heterocycles. The molecule has 1 atom stereocenters. The number of nitrogens with zero attached hydrogens (tertiary/aromatic N) is 1. The Bertz CT molecular complexity index is 648. The Hall–Kier alpha value is -1.43. The van der Waals surface area contributed by atoms with Crippen LogP contribution in [0.15, 0.2) is 24.3 Å². The first kappa shape index (κ1) is 14.5. The van der Waals surface area contributed by atoms with Crippen molar-refractivity contribution in [3.63, 3.8) is 0 Å². The molecule has 1 aromatic carbocycles. The lowest BCUT2D eigenvalue weighted by Gasteiger charge is -2.05. The number of rotatable bonds is 3. The Balaban J connectivity index is 1.77. The second kappa shape index (κ2) is 6.13. The van der Waals surface area contributed by atoms with Gasteiger partial charge in [0, 0.05) is 22.1 Å². The highest BCUT2D eigenvalue weighted by atomic mass is 35.5. The topological polar surface area (TPSA) is 51.2 Å². The van der Waals surface area contributed by atoms with E-state index >= 15 is 0 Å². The van der Waals surface area contributed by atoms with Gasteiger partial charge in [0.2, 0.25) is 5.91 Å². The number of hydrogen-bond donors (Lipinski definition) is 1. The van der Waals surface area contributed by atoms with E-state index in [1.807, 2.05) is 31.2 Å². The summed E-state index contributed by atoms with van der Waals surface area (Å²) in [4.78, 5) is 17.7. The fourth-order valence-electron chi connectivity index (χ4n) is 2.27. The van der Waals surface area contributed by atoms with Crippen LogP contribution in [0.5, 0.6) is 0 Å². The van der Waals surface area contributed by atoms with E-state index in [0.717, 1.165) is 22.6 Å². The van der Waals surface area contributed by atoms with E-state index in [4.69, 9.17) is 16.3 Å². The number of halogens is 1. The van der Waals surface area contributed by atoms with Crippen molar-refractivity contribution in [2.75, 3.05) is 18.5 Å². The van der Waals surface area contributed by atoms with Crippen LogP contribution in [-0.2, 0) is 9.53 Å². The lowest BCUT2D eigenvalue weighted by atomic mass is 10.1. The molecule has 0 spiro atoms. The molecule has 0 radical (unpaired) electrons. The van der Waals surface area contributed by atoms with Gasteiger partial charge in [-0.2, -0.15) is 0 Å². The Morgan fingerprint density at radius 2 is 2.19 bits per heavy atom.